The molecular formula is C13H25N3. The van der Waals surface area contributed by atoms with E-state index in [0.717, 1.165) is 32.6 Å². The van der Waals surface area contributed by atoms with E-state index in [2.05, 4.69) is 36.6 Å². The predicted molar refractivity (Wildman–Crippen MR) is 67.2 cm³/mol. The van der Waals surface area contributed by atoms with E-state index >= 15 is 0 Å². The summed E-state index contributed by atoms with van der Waals surface area (Å²) in [6, 6.07) is 3.49. The minimum atomic E-state index is 0.476. The van der Waals surface area contributed by atoms with Crippen LogP contribution in [0.4, 0.5) is 0 Å². The maximum Gasteiger partial charge on any atom is 0.0638 e. The van der Waals surface area contributed by atoms with Gasteiger partial charge in [0.2, 0.25) is 0 Å². The zero-order valence-electron chi connectivity index (χ0n) is 10.9. The molecule has 0 N–H and O–H groups in total. The van der Waals surface area contributed by atoms with Crippen molar-refractivity contribution in [2.45, 2.75) is 52.1 Å². The lowest BCUT2D eigenvalue weighted by Crippen LogP contribution is -2.52. The summed E-state index contributed by atoms with van der Waals surface area (Å²) in [5.74, 6) is 0. The fraction of sp³-hybridized carbons (Fsp3) is 0.923. The van der Waals surface area contributed by atoms with Gasteiger partial charge >= 0.3 is 0 Å². The first-order valence-electron chi connectivity index (χ1n) is 6.57. The molecule has 1 saturated heterocycles. The first kappa shape index (κ1) is 13.5. The Morgan fingerprint density at radius 2 is 1.62 bits per heavy atom. The molecule has 0 amide bonds. The number of hydrogen-bond acceptors (Lipinski definition) is 3. The quantitative estimate of drug-likeness (QED) is 0.715. The third-order valence-electron chi connectivity index (χ3n) is 3.88. The molecule has 3 heteroatoms. The van der Waals surface area contributed by atoms with Crippen LogP contribution in [0.3, 0.4) is 0 Å². The van der Waals surface area contributed by atoms with Gasteiger partial charge in [-0.2, -0.15) is 5.26 Å². The maximum absolute atomic E-state index is 8.79. The fourth-order valence-corrected chi connectivity index (χ4v) is 2.44. The largest absolute Gasteiger partial charge is 0.298 e. The van der Waals surface area contributed by atoms with Crippen molar-refractivity contribution >= 4 is 0 Å². The van der Waals surface area contributed by atoms with Crippen LogP contribution in [0.2, 0.25) is 0 Å². The van der Waals surface area contributed by atoms with Crippen LogP contribution in [0.5, 0.6) is 0 Å². The minimum Gasteiger partial charge on any atom is -0.298 e. The van der Waals surface area contributed by atoms with Gasteiger partial charge in [-0.1, -0.05) is 13.8 Å². The highest BCUT2D eigenvalue weighted by Crippen LogP contribution is 2.14. The summed E-state index contributed by atoms with van der Waals surface area (Å²) in [6.45, 7) is 11.3. The van der Waals surface area contributed by atoms with Crippen molar-refractivity contribution in [2.24, 2.45) is 0 Å². The van der Waals surface area contributed by atoms with E-state index in [1.165, 1.54) is 6.42 Å². The Bertz CT molecular complexity index is 226. The predicted octanol–water partition coefficient (Wildman–Crippen LogP) is 2.09. The fourth-order valence-electron chi connectivity index (χ4n) is 2.44. The summed E-state index contributed by atoms with van der Waals surface area (Å²) in [7, 11) is 0. The molecular weight excluding hydrogens is 198 g/mol. The second-order valence-corrected chi connectivity index (χ2v) is 4.75. The molecule has 2 unspecified atom stereocenters. The van der Waals surface area contributed by atoms with Crippen LogP contribution < -0.4 is 0 Å². The van der Waals surface area contributed by atoms with Crippen molar-refractivity contribution in [2.75, 3.05) is 26.2 Å². The van der Waals surface area contributed by atoms with Crippen LogP contribution in [0.15, 0.2) is 0 Å². The van der Waals surface area contributed by atoms with E-state index in [1.54, 1.807) is 0 Å². The second-order valence-electron chi connectivity index (χ2n) is 4.75. The lowest BCUT2D eigenvalue weighted by atomic mass is 10.1. The summed E-state index contributed by atoms with van der Waals surface area (Å²) in [6.07, 6.45) is 3.01. The Hall–Kier alpha value is -0.590. The summed E-state index contributed by atoms with van der Waals surface area (Å²) in [5, 5.41) is 8.79. The molecule has 0 saturated carbocycles. The number of nitriles is 1. The molecule has 1 aliphatic rings. The topological polar surface area (TPSA) is 30.3 Å². The first-order valence-corrected chi connectivity index (χ1v) is 6.57. The molecule has 3 nitrogen and oxygen atoms in total. The van der Waals surface area contributed by atoms with Crippen molar-refractivity contribution in [3.05, 3.63) is 0 Å². The molecule has 1 aliphatic heterocycles. The van der Waals surface area contributed by atoms with Gasteiger partial charge in [-0.05, 0) is 19.8 Å². The molecule has 92 valence electrons. The standard InChI is InChI=1S/C13H25N3/c1-4-12(3)15-8-10-16(11-9-15)13(5-2)6-7-14/h12-13H,4-6,8-11H2,1-3H3. The van der Waals surface area contributed by atoms with Crippen LogP contribution in [0.1, 0.15) is 40.0 Å². The molecule has 0 aromatic carbocycles. The minimum absolute atomic E-state index is 0.476. The Kier molecular flexibility index (Phi) is 5.79. The Labute approximate surface area is 100 Å². The van der Waals surface area contributed by atoms with Crippen LogP contribution in [0.25, 0.3) is 0 Å². The molecule has 1 rings (SSSR count). The van der Waals surface area contributed by atoms with Gasteiger partial charge in [0, 0.05) is 38.3 Å². The Morgan fingerprint density at radius 3 is 2.06 bits per heavy atom. The van der Waals surface area contributed by atoms with Crippen LogP contribution in [-0.4, -0.2) is 48.1 Å². The summed E-state index contributed by atoms with van der Waals surface area (Å²) < 4.78 is 0. The highest BCUT2D eigenvalue weighted by Gasteiger charge is 2.24. The highest BCUT2D eigenvalue weighted by atomic mass is 15.3. The van der Waals surface area contributed by atoms with E-state index in [0.29, 0.717) is 18.5 Å². The van der Waals surface area contributed by atoms with Gasteiger partial charge in [-0.15, -0.1) is 0 Å². The molecule has 1 fully saturated rings. The van der Waals surface area contributed by atoms with E-state index < -0.39 is 0 Å². The molecule has 2 atom stereocenters. The van der Waals surface area contributed by atoms with Crippen molar-refractivity contribution in [1.29, 1.82) is 5.26 Å². The lowest BCUT2D eigenvalue weighted by Gasteiger charge is -2.40. The van der Waals surface area contributed by atoms with Crippen molar-refractivity contribution in [1.82, 2.24) is 9.80 Å². The monoisotopic (exact) mass is 223 g/mol. The average Bonchev–Trinajstić information content (AvgIpc) is 2.35. The van der Waals surface area contributed by atoms with E-state index in [-0.39, 0.29) is 0 Å². The van der Waals surface area contributed by atoms with Gasteiger partial charge in [0.05, 0.1) is 12.5 Å². The van der Waals surface area contributed by atoms with Crippen LogP contribution in [-0.2, 0) is 0 Å². The molecule has 16 heavy (non-hydrogen) atoms. The van der Waals surface area contributed by atoms with E-state index in [4.69, 9.17) is 5.26 Å². The Morgan fingerprint density at radius 1 is 1.06 bits per heavy atom. The molecule has 0 aliphatic carbocycles. The average molecular weight is 223 g/mol. The first-order chi connectivity index (χ1) is 7.72. The lowest BCUT2D eigenvalue weighted by molar-refractivity contribution is 0.0722. The maximum atomic E-state index is 8.79. The zero-order valence-corrected chi connectivity index (χ0v) is 10.9. The molecule has 0 aromatic heterocycles. The Balaban J connectivity index is 2.39. The van der Waals surface area contributed by atoms with Gasteiger partial charge in [0.15, 0.2) is 0 Å². The molecule has 0 aromatic rings. The van der Waals surface area contributed by atoms with E-state index in [1.807, 2.05) is 0 Å². The van der Waals surface area contributed by atoms with Crippen molar-refractivity contribution in [3.8, 4) is 6.07 Å². The smallest absolute Gasteiger partial charge is 0.0638 e. The zero-order chi connectivity index (χ0) is 12.0. The van der Waals surface area contributed by atoms with E-state index in [9.17, 15) is 0 Å². The second kappa shape index (κ2) is 6.88. The van der Waals surface area contributed by atoms with Crippen LogP contribution >= 0.6 is 0 Å². The number of rotatable bonds is 5. The third kappa shape index (κ3) is 3.47. The SMILES string of the molecule is CCC(C)N1CCN(C(CC)CC#N)CC1. The van der Waals surface area contributed by atoms with Gasteiger partial charge in [-0.25, -0.2) is 0 Å². The molecule has 1 heterocycles. The van der Waals surface area contributed by atoms with Gasteiger partial charge in [0.25, 0.3) is 0 Å². The summed E-state index contributed by atoms with van der Waals surface area (Å²) in [4.78, 5) is 5.05. The molecule has 0 radical (unpaired) electrons. The summed E-state index contributed by atoms with van der Waals surface area (Å²) >= 11 is 0. The number of nitrogens with zero attached hydrogens (tertiary/aromatic N) is 3. The third-order valence-corrected chi connectivity index (χ3v) is 3.88. The number of piperazine rings is 1. The summed E-state index contributed by atoms with van der Waals surface area (Å²) in [5.41, 5.74) is 0. The molecule has 0 spiro atoms. The normalized spacial score (nSPS) is 22.6. The molecule has 0 bridgehead atoms. The highest BCUT2D eigenvalue weighted by molar-refractivity contribution is 4.85. The van der Waals surface area contributed by atoms with Crippen LogP contribution in [0, 0.1) is 11.3 Å². The van der Waals surface area contributed by atoms with Gasteiger partial charge in [0.1, 0.15) is 0 Å². The van der Waals surface area contributed by atoms with Gasteiger partial charge < -0.3 is 0 Å². The van der Waals surface area contributed by atoms with Gasteiger partial charge in [-0.3, -0.25) is 9.80 Å². The van der Waals surface area contributed by atoms with Crippen molar-refractivity contribution < 1.29 is 0 Å². The van der Waals surface area contributed by atoms with Crippen molar-refractivity contribution in [3.63, 3.8) is 0 Å². The number of hydrogen-bond donors (Lipinski definition) is 0.